The summed E-state index contributed by atoms with van der Waals surface area (Å²) < 4.78 is 0. The summed E-state index contributed by atoms with van der Waals surface area (Å²) in [6.07, 6.45) is 5.02. The van der Waals surface area contributed by atoms with Gasteiger partial charge in [-0.25, -0.2) is 4.79 Å². The van der Waals surface area contributed by atoms with Gasteiger partial charge in [0.2, 0.25) is 0 Å². The molecular weight excluding hydrogens is 250 g/mol. The van der Waals surface area contributed by atoms with Gasteiger partial charge in [0.15, 0.2) is 0 Å². The Labute approximate surface area is 120 Å². The van der Waals surface area contributed by atoms with E-state index in [-0.39, 0.29) is 6.03 Å². The summed E-state index contributed by atoms with van der Waals surface area (Å²) >= 11 is 0. The molecule has 20 heavy (non-hydrogen) atoms. The highest BCUT2D eigenvalue weighted by Gasteiger charge is 2.26. The van der Waals surface area contributed by atoms with Gasteiger partial charge in [0.25, 0.3) is 0 Å². The summed E-state index contributed by atoms with van der Waals surface area (Å²) in [7, 11) is 0. The predicted molar refractivity (Wildman–Crippen MR) is 80.8 cm³/mol. The second-order valence-corrected chi connectivity index (χ2v) is 5.93. The third-order valence-electron chi connectivity index (χ3n) is 4.13. The normalized spacial score (nSPS) is 22.6. The van der Waals surface area contributed by atoms with Crippen molar-refractivity contribution in [3.8, 4) is 0 Å². The van der Waals surface area contributed by atoms with Crippen molar-refractivity contribution in [3.05, 3.63) is 30.3 Å². The minimum Gasteiger partial charge on any atom is -0.323 e. The standard InChI is InChI=1S/C16H23N3O/c20-16(18-14-5-2-1-3-6-14)19-10-4-7-15(12-19)17-11-13-8-9-13/h1-3,5-6,13,15,17H,4,7-12H2,(H,18,20). The molecule has 1 unspecified atom stereocenters. The Kier molecular flexibility index (Phi) is 4.21. The molecule has 2 N–H and O–H groups in total. The number of rotatable bonds is 4. The molecule has 2 aliphatic rings. The van der Waals surface area contributed by atoms with Crippen molar-refractivity contribution in [2.45, 2.75) is 31.7 Å². The lowest BCUT2D eigenvalue weighted by atomic mass is 10.1. The lowest BCUT2D eigenvalue weighted by Crippen LogP contribution is -2.49. The van der Waals surface area contributed by atoms with E-state index in [1.807, 2.05) is 35.2 Å². The van der Waals surface area contributed by atoms with E-state index in [9.17, 15) is 4.79 Å². The maximum Gasteiger partial charge on any atom is 0.321 e. The first-order chi connectivity index (χ1) is 9.81. The van der Waals surface area contributed by atoms with Gasteiger partial charge in [-0.15, -0.1) is 0 Å². The monoisotopic (exact) mass is 273 g/mol. The first-order valence-electron chi connectivity index (χ1n) is 7.65. The van der Waals surface area contributed by atoms with Crippen LogP contribution in [-0.2, 0) is 0 Å². The van der Waals surface area contributed by atoms with Crippen LogP contribution in [0, 0.1) is 5.92 Å². The SMILES string of the molecule is O=C(Nc1ccccc1)N1CCCC(NCC2CC2)C1. The summed E-state index contributed by atoms with van der Waals surface area (Å²) in [5.74, 6) is 0.892. The van der Waals surface area contributed by atoms with Crippen LogP contribution in [0.1, 0.15) is 25.7 Å². The van der Waals surface area contributed by atoms with E-state index >= 15 is 0 Å². The zero-order valence-corrected chi connectivity index (χ0v) is 11.8. The summed E-state index contributed by atoms with van der Waals surface area (Å²) in [5, 5.41) is 6.58. The number of likely N-dealkylation sites (tertiary alicyclic amines) is 1. The Morgan fingerprint density at radius 1 is 1.20 bits per heavy atom. The fourth-order valence-electron chi connectivity index (χ4n) is 2.71. The molecule has 1 heterocycles. The van der Waals surface area contributed by atoms with Crippen LogP contribution in [0.3, 0.4) is 0 Å². The van der Waals surface area contributed by atoms with Crippen LogP contribution in [0.5, 0.6) is 0 Å². The van der Waals surface area contributed by atoms with Gasteiger partial charge in [0.05, 0.1) is 0 Å². The van der Waals surface area contributed by atoms with Crippen molar-refractivity contribution in [2.24, 2.45) is 5.92 Å². The molecular formula is C16H23N3O. The number of carbonyl (C=O) groups excluding carboxylic acids is 1. The number of piperidine rings is 1. The number of nitrogens with zero attached hydrogens (tertiary/aromatic N) is 1. The molecule has 1 saturated heterocycles. The van der Waals surface area contributed by atoms with Crippen molar-refractivity contribution in [3.63, 3.8) is 0 Å². The molecule has 0 aromatic heterocycles. The first-order valence-corrected chi connectivity index (χ1v) is 7.65. The molecule has 1 aromatic carbocycles. The number of urea groups is 1. The highest BCUT2D eigenvalue weighted by atomic mass is 16.2. The van der Waals surface area contributed by atoms with Crippen molar-refractivity contribution in [2.75, 3.05) is 25.0 Å². The van der Waals surface area contributed by atoms with Gasteiger partial charge < -0.3 is 15.5 Å². The van der Waals surface area contributed by atoms with Crippen LogP contribution >= 0.6 is 0 Å². The quantitative estimate of drug-likeness (QED) is 0.886. The fraction of sp³-hybridized carbons (Fsp3) is 0.562. The van der Waals surface area contributed by atoms with Crippen molar-refractivity contribution in [1.82, 2.24) is 10.2 Å². The van der Waals surface area contributed by atoms with Crippen LogP contribution in [0.2, 0.25) is 0 Å². The Morgan fingerprint density at radius 3 is 2.75 bits per heavy atom. The predicted octanol–water partition coefficient (Wildman–Crippen LogP) is 2.68. The second-order valence-electron chi connectivity index (χ2n) is 5.93. The van der Waals surface area contributed by atoms with Crippen molar-refractivity contribution >= 4 is 11.7 Å². The Bertz CT molecular complexity index is 444. The van der Waals surface area contributed by atoms with E-state index in [1.165, 1.54) is 19.3 Å². The average Bonchev–Trinajstić information content (AvgIpc) is 3.31. The van der Waals surface area contributed by atoms with Crippen LogP contribution < -0.4 is 10.6 Å². The van der Waals surface area contributed by atoms with Gasteiger partial charge in [0, 0.05) is 24.8 Å². The lowest BCUT2D eigenvalue weighted by Gasteiger charge is -2.33. The van der Waals surface area contributed by atoms with Crippen LogP contribution in [0.25, 0.3) is 0 Å². The molecule has 0 bridgehead atoms. The maximum absolute atomic E-state index is 12.3. The topological polar surface area (TPSA) is 44.4 Å². The minimum absolute atomic E-state index is 0.0223. The van der Waals surface area contributed by atoms with E-state index in [4.69, 9.17) is 0 Å². The number of hydrogen-bond acceptors (Lipinski definition) is 2. The van der Waals surface area contributed by atoms with Crippen molar-refractivity contribution < 1.29 is 4.79 Å². The van der Waals surface area contributed by atoms with Crippen LogP contribution in [0.15, 0.2) is 30.3 Å². The largest absolute Gasteiger partial charge is 0.323 e. The number of amides is 2. The Morgan fingerprint density at radius 2 is 2.00 bits per heavy atom. The molecule has 1 aromatic rings. The number of anilines is 1. The molecule has 2 fully saturated rings. The summed E-state index contributed by atoms with van der Waals surface area (Å²) in [6.45, 7) is 2.81. The molecule has 4 nitrogen and oxygen atoms in total. The number of benzene rings is 1. The van der Waals surface area contributed by atoms with E-state index < -0.39 is 0 Å². The number of hydrogen-bond donors (Lipinski definition) is 2. The van der Waals surface area contributed by atoms with Crippen molar-refractivity contribution in [1.29, 1.82) is 0 Å². The van der Waals surface area contributed by atoms with Gasteiger partial charge in [-0.1, -0.05) is 18.2 Å². The molecule has 1 atom stereocenters. The van der Waals surface area contributed by atoms with E-state index in [1.54, 1.807) is 0 Å². The van der Waals surface area contributed by atoms with Crippen LogP contribution in [0.4, 0.5) is 10.5 Å². The summed E-state index contributed by atoms with van der Waals surface area (Å²) in [5.41, 5.74) is 0.866. The van der Waals surface area contributed by atoms with E-state index in [0.717, 1.165) is 37.7 Å². The van der Waals surface area contributed by atoms with Crippen LogP contribution in [-0.4, -0.2) is 36.6 Å². The summed E-state index contributed by atoms with van der Waals surface area (Å²) in [6, 6.07) is 10.2. The van der Waals surface area contributed by atoms with Gasteiger partial charge in [-0.3, -0.25) is 0 Å². The second kappa shape index (κ2) is 6.27. The molecule has 1 saturated carbocycles. The third-order valence-corrected chi connectivity index (χ3v) is 4.13. The number of nitrogens with one attached hydrogen (secondary N) is 2. The maximum atomic E-state index is 12.3. The zero-order valence-electron chi connectivity index (χ0n) is 11.8. The highest BCUT2D eigenvalue weighted by molar-refractivity contribution is 5.89. The molecule has 1 aliphatic heterocycles. The zero-order chi connectivity index (χ0) is 13.8. The molecule has 3 rings (SSSR count). The van der Waals surface area contributed by atoms with E-state index in [0.29, 0.717) is 6.04 Å². The molecule has 2 amide bonds. The highest BCUT2D eigenvalue weighted by Crippen LogP contribution is 2.28. The minimum atomic E-state index is 0.0223. The van der Waals surface area contributed by atoms with Gasteiger partial charge in [0.1, 0.15) is 0 Å². The average molecular weight is 273 g/mol. The number of para-hydroxylation sites is 1. The first kappa shape index (κ1) is 13.4. The Balaban J connectivity index is 1.49. The van der Waals surface area contributed by atoms with Gasteiger partial charge in [-0.2, -0.15) is 0 Å². The molecule has 0 spiro atoms. The smallest absolute Gasteiger partial charge is 0.321 e. The molecule has 4 heteroatoms. The fourth-order valence-corrected chi connectivity index (χ4v) is 2.71. The number of carbonyl (C=O) groups is 1. The lowest BCUT2D eigenvalue weighted by molar-refractivity contribution is 0.185. The molecule has 1 aliphatic carbocycles. The summed E-state index contributed by atoms with van der Waals surface area (Å²) in [4.78, 5) is 14.2. The van der Waals surface area contributed by atoms with Gasteiger partial charge in [-0.05, 0) is 50.3 Å². The van der Waals surface area contributed by atoms with E-state index in [2.05, 4.69) is 10.6 Å². The molecule has 0 radical (unpaired) electrons. The molecule has 108 valence electrons. The van der Waals surface area contributed by atoms with Gasteiger partial charge >= 0.3 is 6.03 Å². The Hall–Kier alpha value is -1.55. The third kappa shape index (κ3) is 3.73.